The van der Waals surface area contributed by atoms with Crippen molar-refractivity contribution < 1.29 is 9.53 Å². The molecule has 0 atom stereocenters. The van der Waals surface area contributed by atoms with E-state index in [4.69, 9.17) is 4.74 Å². The van der Waals surface area contributed by atoms with Gasteiger partial charge in [0.2, 0.25) is 0 Å². The summed E-state index contributed by atoms with van der Waals surface area (Å²) in [4.78, 5) is 12.1. The summed E-state index contributed by atoms with van der Waals surface area (Å²) in [6.45, 7) is 0.528. The van der Waals surface area contributed by atoms with E-state index >= 15 is 0 Å². The summed E-state index contributed by atoms with van der Waals surface area (Å²) in [5.74, 6) is 0.834. The molecule has 0 fully saturated rings. The largest absolute Gasteiger partial charge is 0.496 e. The van der Waals surface area contributed by atoms with Crippen molar-refractivity contribution in [2.75, 3.05) is 24.3 Å². The zero-order valence-corrected chi connectivity index (χ0v) is 15.2. The van der Waals surface area contributed by atoms with E-state index < -0.39 is 0 Å². The van der Waals surface area contributed by atoms with E-state index in [1.54, 1.807) is 7.11 Å². The van der Waals surface area contributed by atoms with Gasteiger partial charge in [-0.2, -0.15) is 0 Å². The van der Waals surface area contributed by atoms with Crippen LogP contribution in [0.2, 0.25) is 0 Å². The van der Waals surface area contributed by atoms with Gasteiger partial charge in [0, 0.05) is 23.6 Å². The van der Waals surface area contributed by atoms with Crippen LogP contribution in [0.1, 0.15) is 5.56 Å². The average Bonchev–Trinajstić information content (AvgIpc) is 2.71. The highest BCUT2D eigenvalue weighted by molar-refractivity contribution is 5.89. The second kappa shape index (κ2) is 9.29. The van der Waals surface area contributed by atoms with Crippen LogP contribution in [0.4, 0.5) is 21.9 Å². The average molecular weight is 361 g/mol. The third-order valence-electron chi connectivity index (χ3n) is 4.08. The normalized spacial score (nSPS) is 10.1. The van der Waals surface area contributed by atoms with Crippen molar-refractivity contribution in [1.82, 2.24) is 5.32 Å². The number of amides is 2. The minimum Gasteiger partial charge on any atom is -0.496 e. The van der Waals surface area contributed by atoms with Crippen LogP contribution >= 0.6 is 0 Å². The molecule has 0 aliphatic carbocycles. The molecule has 0 saturated carbocycles. The van der Waals surface area contributed by atoms with Gasteiger partial charge < -0.3 is 20.7 Å². The molecule has 0 aliphatic heterocycles. The summed E-state index contributed by atoms with van der Waals surface area (Å²) < 4.78 is 5.32. The summed E-state index contributed by atoms with van der Waals surface area (Å²) in [5, 5.41) is 9.01. The van der Waals surface area contributed by atoms with Crippen LogP contribution in [0.25, 0.3) is 0 Å². The van der Waals surface area contributed by atoms with Crippen LogP contribution in [0.3, 0.4) is 0 Å². The molecule has 3 aromatic carbocycles. The molecule has 2 amide bonds. The Balaban J connectivity index is 1.46. The number of nitrogens with one attached hydrogen (secondary N) is 3. The Bertz CT molecular complexity index is 864. The standard InChI is InChI=1S/C22H23N3O2/c1-27-21-10-6-5-7-17(21)15-16-23-22(26)25-20-13-11-19(12-14-20)24-18-8-3-2-4-9-18/h2-14,24H,15-16H2,1H3,(H2,23,25,26). The summed E-state index contributed by atoms with van der Waals surface area (Å²) in [7, 11) is 1.65. The van der Waals surface area contributed by atoms with Crippen molar-refractivity contribution in [3.8, 4) is 5.75 Å². The molecule has 0 heterocycles. The first kappa shape index (κ1) is 18.3. The van der Waals surface area contributed by atoms with Crippen LogP contribution in [-0.4, -0.2) is 19.7 Å². The monoisotopic (exact) mass is 361 g/mol. The van der Waals surface area contributed by atoms with E-state index in [2.05, 4.69) is 16.0 Å². The number of methoxy groups -OCH3 is 1. The maximum Gasteiger partial charge on any atom is 0.319 e. The molecule has 0 radical (unpaired) electrons. The lowest BCUT2D eigenvalue weighted by Crippen LogP contribution is -2.30. The Labute approximate surface area is 159 Å². The molecular formula is C22H23N3O2. The molecule has 5 heteroatoms. The maximum atomic E-state index is 12.1. The number of carbonyl (C=O) groups excluding carboxylic acids is 1. The SMILES string of the molecule is COc1ccccc1CCNC(=O)Nc1ccc(Nc2ccccc2)cc1. The highest BCUT2D eigenvalue weighted by Gasteiger charge is 2.04. The van der Waals surface area contributed by atoms with Gasteiger partial charge in [0.15, 0.2) is 0 Å². The third-order valence-corrected chi connectivity index (χ3v) is 4.08. The molecule has 0 spiro atoms. The Kier molecular flexibility index (Phi) is 6.30. The van der Waals surface area contributed by atoms with Gasteiger partial charge in [0.25, 0.3) is 0 Å². The topological polar surface area (TPSA) is 62.4 Å². The van der Waals surface area contributed by atoms with Crippen LogP contribution in [0, 0.1) is 0 Å². The van der Waals surface area contributed by atoms with E-state index in [1.165, 1.54) is 0 Å². The highest BCUT2D eigenvalue weighted by Crippen LogP contribution is 2.19. The second-order valence-electron chi connectivity index (χ2n) is 6.01. The number of benzene rings is 3. The molecule has 138 valence electrons. The Morgan fingerprint density at radius 1 is 0.815 bits per heavy atom. The van der Waals surface area contributed by atoms with E-state index in [-0.39, 0.29) is 6.03 Å². The van der Waals surface area contributed by atoms with Gasteiger partial charge >= 0.3 is 6.03 Å². The lowest BCUT2D eigenvalue weighted by molar-refractivity contribution is 0.252. The number of hydrogen-bond acceptors (Lipinski definition) is 3. The first-order valence-electron chi connectivity index (χ1n) is 8.83. The minimum absolute atomic E-state index is 0.228. The third kappa shape index (κ3) is 5.51. The molecular weight excluding hydrogens is 338 g/mol. The predicted octanol–water partition coefficient (Wildman–Crippen LogP) is 4.80. The summed E-state index contributed by atoms with van der Waals surface area (Å²) >= 11 is 0. The number of anilines is 3. The van der Waals surface area contributed by atoms with Crippen molar-refractivity contribution in [1.29, 1.82) is 0 Å². The molecule has 0 aliphatic rings. The Hall–Kier alpha value is -3.47. The van der Waals surface area contributed by atoms with Gasteiger partial charge in [-0.05, 0) is 54.4 Å². The fourth-order valence-corrected chi connectivity index (χ4v) is 2.72. The summed E-state index contributed by atoms with van der Waals surface area (Å²) in [6, 6.07) is 25.1. The lowest BCUT2D eigenvalue weighted by atomic mass is 10.1. The molecule has 3 rings (SSSR count). The van der Waals surface area contributed by atoms with Gasteiger partial charge in [0.05, 0.1) is 7.11 Å². The van der Waals surface area contributed by atoms with E-state index in [1.807, 2.05) is 78.9 Å². The van der Waals surface area contributed by atoms with Gasteiger partial charge in [-0.25, -0.2) is 4.79 Å². The fraction of sp³-hybridized carbons (Fsp3) is 0.136. The lowest BCUT2D eigenvalue weighted by Gasteiger charge is -2.11. The number of rotatable bonds is 7. The number of urea groups is 1. The van der Waals surface area contributed by atoms with Gasteiger partial charge in [-0.15, -0.1) is 0 Å². The van der Waals surface area contributed by atoms with Gasteiger partial charge in [-0.1, -0.05) is 36.4 Å². The van der Waals surface area contributed by atoms with E-state index in [0.29, 0.717) is 13.0 Å². The quantitative estimate of drug-likeness (QED) is 0.566. The number of carbonyl (C=O) groups is 1. The second-order valence-corrected chi connectivity index (χ2v) is 6.01. The van der Waals surface area contributed by atoms with E-state index in [9.17, 15) is 4.79 Å². The molecule has 0 saturated heterocycles. The van der Waals surface area contributed by atoms with Crippen LogP contribution in [-0.2, 0) is 6.42 Å². The Morgan fingerprint density at radius 3 is 2.19 bits per heavy atom. The summed E-state index contributed by atoms with van der Waals surface area (Å²) in [6.07, 6.45) is 0.706. The van der Waals surface area contributed by atoms with Gasteiger partial charge in [0.1, 0.15) is 5.75 Å². The van der Waals surface area contributed by atoms with E-state index in [0.717, 1.165) is 28.4 Å². The molecule has 5 nitrogen and oxygen atoms in total. The van der Waals surface area contributed by atoms with Crippen molar-refractivity contribution in [3.63, 3.8) is 0 Å². The van der Waals surface area contributed by atoms with Crippen molar-refractivity contribution >= 4 is 23.1 Å². The number of ether oxygens (including phenoxy) is 1. The molecule has 27 heavy (non-hydrogen) atoms. The van der Waals surface area contributed by atoms with Crippen molar-refractivity contribution in [2.45, 2.75) is 6.42 Å². The number of hydrogen-bond donors (Lipinski definition) is 3. The first-order chi connectivity index (χ1) is 13.2. The minimum atomic E-state index is -0.228. The van der Waals surface area contributed by atoms with Crippen molar-refractivity contribution in [3.05, 3.63) is 84.4 Å². The highest BCUT2D eigenvalue weighted by atomic mass is 16.5. The predicted molar refractivity (Wildman–Crippen MR) is 110 cm³/mol. The fourth-order valence-electron chi connectivity index (χ4n) is 2.72. The molecule has 0 unspecified atom stereocenters. The van der Waals surface area contributed by atoms with Crippen LogP contribution in [0.15, 0.2) is 78.9 Å². The van der Waals surface area contributed by atoms with Crippen LogP contribution in [0.5, 0.6) is 5.75 Å². The smallest absolute Gasteiger partial charge is 0.319 e. The zero-order valence-electron chi connectivity index (χ0n) is 15.2. The Morgan fingerprint density at radius 2 is 1.44 bits per heavy atom. The van der Waals surface area contributed by atoms with Crippen molar-refractivity contribution in [2.24, 2.45) is 0 Å². The maximum absolute atomic E-state index is 12.1. The molecule has 3 aromatic rings. The van der Waals surface area contributed by atoms with Gasteiger partial charge in [-0.3, -0.25) is 0 Å². The number of para-hydroxylation sites is 2. The zero-order chi connectivity index (χ0) is 18.9. The molecule has 3 N–H and O–H groups in total. The first-order valence-corrected chi connectivity index (χ1v) is 8.83. The van der Waals surface area contributed by atoms with Crippen LogP contribution < -0.4 is 20.7 Å². The molecule has 0 aromatic heterocycles. The molecule has 0 bridgehead atoms. The summed E-state index contributed by atoms with van der Waals surface area (Å²) in [5.41, 5.74) is 3.79.